The highest BCUT2D eigenvalue weighted by atomic mass is 19.4. The summed E-state index contributed by atoms with van der Waals surface area (Å²) < 4.78 is 38.5. The fourth-order valence-electron chi connectivity index (χ4n) is 1.88. The zero-order chi connectivity index (χ0) is 16.2. The average Bonchev–Trinajstić information content (AvgIpc) is 2.52. The number of carbonyl (C=O) groups excluding carboxylic acids is 1. The predicted octanol–water partition coefficient (Wildman–Crippen LogP) is 4.47. The number of hydrogen-bond acceptors (Lipinski definition) is 2. The molecule has 0 saturated carbocycles. The van der Waals surface area contributed by atoms with Crippen molar-refractivity contribution in [3.05, 3.63) is 76.9 Å². The Morgan fingerprint density at radius 1 is 1.05 bits per heavy atom. The smallest absolute Gasteiger partial charge is 0.289 e. The Bertz CT molecular complexity index is 753. The van der Waals surface area contributed by atoms with Crippen LogP contribution in [0.3, 0.4) is 0 Å². The molecule has 0 saturated heterocycles. The number of carbonyl (C=O) groups is 1. The summed E-state index contributed by atoms with van der Waals surface area (Å²) in [4.78, 5) is 12.0. The number of benzene rings is 2. The molecular formula is C17H10F3NO. The van der Waals surface area contributed by atoms with Gasteiger partial charge >= 0.3 is 6.18 Å². The lowest BCUT2D eigenvalue weighted by Crippen LogP contribution is -2.11. The van der Waals surface area contributed by atoms with E-state index in [4.69, 9.17) is 5.26 Å². The molecule has 2 nitrogen and oxygen atoms in total. The third-order valence-electron chi connectivity index (χ3n) is 2.96. The SMILES string of the molecule is N#Cc1ccc(/C=C/C(=O)c2ccccc2C(F)(F)F)cc1. The zero-order valence-electron chi connectivity index (χ0n) is 11.3. The van der Waals surface area contributed by atoms with E-state index < -0.39 is 17.5 Å². The lowest BCUT2D eigenvalue weighted by Gasteiger charge is -2.10. The van der Waals surface area contributed by atoms with E-state index >= 15 is 0 Å². The van der Waals surface area contributed by atoms with E-state index in [9.17, 15) is 18.0 Å². The maximum atomic E-state index is 12.8. The summed E-state index contributed by atoms with van der Waals surface area (Å²) in [6, 6.07) is 12.9. The molecular weight excluding hydrogens is 291 g/mol. The van der Waals surface area contributed by atoms with Crippen LogP contribution in [0.15, 0.2) is 54.6 Å². The molecule has 5 heteroatoms. The summed E-state index contributed by atoms with van der Waals surface area (Å²) in [6.07, 6.45) is -2.07. The highest BCUT2D eigenvalue weighted by molar-refractivity contribution is 6.07. The van der Waals surface area contributed by atoms with Crippen LogP contribution in [0.25, 0.3) is 6.08 Å². The van der Waals surface area contributed by atoms with Crippen molar-refractivity contribution in [2.45, 2.75) is 6.18 Å². The molecule has 0 unspecified atom stereocenters. The summed E-state index contributed by atoms with van der Waals surface area (Å²) in [5, 5.41) is 8.67. The normalized spacial score (nSPS) is 11.4. The van der Waals surface area contributed by atoms with Crippen LogP contribution in [0.4, 0.5) is 13.2 Å². The molecule has 0 atom stereocenters. The number of hydrogen-bond donors (Lipinski definition) is 0. The lowest BCUT2D eigenvalue weighted by molar-refractivity contribution is -0.137. The van der Waals surface area contributed by atoms with Crippen LogP contribution < -0.4 is 0 Å². The number of rotatable bonds is 3. The van der Waals surface area contributed by atoms with Crippen molar-refractivity contribution in [3.63, 3.8) is 0 Å². The Morgan fingerprint density at radius 2 is 1.68 bits per heavy atom. The number of nitriles is 1. The van der Waals surface area contributed by atoms with Crippen molar-refractivity contribution in [2.24, 2.45) is 0 Å². The Kier molecular flexibility index (Phi) is 4.42. The van der Waals surface area contributed by atoms with Crippen molar-refractivity contribution < 1.29 is 18.0 Å². The molecule has 0 aliphatic carbocycles. The van der Waals surface area contributed by atoms with Gasteiger partial charge in [-0.1, -0.05) is 36.4 Å². The second kappa shape index (κ2) is 6.27. The van der Waals surface area contributed by atoms with Gasteiger partial charge in [0.15, 0.2) is 5.78 Å². The highest BCUT2D eigenvalue weighted by Crippen LogP contribution is 2.32. The lowest BCUT2D eigenvalue weighted by atomic mass is 10.0. The molecule has 0 spiro atoms. The van der Waals surface area contributed by atoms with Gasteiger partial charge in [-0.25, -0.2) is 0 Å². The van der Waals surface area contributed by atoms with Gasteiger partial charge < -0.3 is 0 Å². The fraction of sp³-hybridized carbons (Fsp3) is 0.0588. The minimum Gasteiger partial charge on any atom is -0.289 e. The van der Waals surface area contributed by atoms with E-state index in [0.717, 1.165) is 18.2 Å². The maximum absolute atomic E-state index is 12.8. The first-order chi connectivity index (χ1) is 10.4. The highest BCUT2D eigenvalue weighted by Gasteiger charge is 2.34. The molecule has 2 aromatic carbocycles. The van der Waals surface area contributed by atoms with Gasteiger partial charge in [0.1, 0.15) is 0 Å². The molecule has 110 valence electrons. The molecule has 0 heterocycles. The average molecular weight is 301 g/mol. The molecule has 0 aromatic heterocycles. The standard InChI is InChI=1S/C17H10F3NO/c18-17(19,20)15-4-2-1-3-14(15)16(22)10-9-12-5-7-13(11-21)8-6-12/h1-10H/b10-9+. The number of alkyl halides is 3. The summed E-state index contributed by atoms with van der Waals surface area (Å²) in [5.41, 5.74) is -0.257. The van der Waals surface area contributed by atoms with Gasteiger partial charge in [-0.15, -0.1) is 0 Å². The third kappa shape index (κ3) is 3.61. The van der Waals surface area contributed by atoms with E-state index in [1.807, 2.05) is 6.07 Å². The molecule has 2 aromatic rings. The predicted molar refractivity (Wildman–Crippen MR) is 76.0 cm³/mol. The summed E-state index contributed by atoms with van der Waals surface area (Å²) in [7, 11) is 0. The largest absolute Gasteiger partial charge is 0.417 e. The van der Waals surface area contributed by atoms with Gasteiger partial charge in [-0.05, 0) is 29.8 Å². The Hall–Kier alpha value is -2.87. The van der Waals surface area contributed by atoms with Crippen molar-refractivity contribution in [2.75, 3.05) is 0 Å². The van der Waals surface area contributed by atoms with Crippen LogP contribution in [0.1, 0.15) is 27.0 Å². The van der Waals surface area contributed by atoms with Gasteiger partial charge in [-0.2, -0.15) is 18.4 Å². The van der Waals surface area contributed by atoms with Crippen LogP contribution in [-0.4, -0.2) is 5.78 Å². The molecule has 0 aliphatic heterocycles. The van der Waals surface area contributed by atoms with Crippen molar-refractivity contribution in [1.82, 2.24) is 0 Å². The molecule has 0 bridgehead atoms. The topological polar surface area (TPSA) is 40.9 Å². The fourth-order valence-corrected chi connectivity index (χ4v) is 1.88. The summed E-state index contributed by atoms with van der Waals surface area (Å²) >= 11 is 0. The second-order valence-corrected chi connectivity index (χ2v) is 4.47. The molecule has 2 rings (SSSR count). The second-order valence-electron chi connectivity index (χ2n) is 4.47. The van der Waals surface area contributed by atoms with Crippen molar-refractivity contribution >= 4 is 11.9 Å². The van der Waals surface area contributed by atoms with E-state index in [1.165, 1.54) is 18.2 Å². The van der Waals surface area contributed by atoms with Gasteiger partial charge in [0.2, 0.25) is 0 Å². The molecule has 0 radical (unpaired) electrons. The first kappa shape index (κ1) is 15.5. The molecule has 0 N–H and O–H groups in total. The van der Waals surface area contributed by atoms with Crippen LogP contribution in [0.5, 0.6) is 0 Å². The molecule has 0 fully saturated rings. The Labute approximate surface area is 125 Å². The van der Waals surface area contributed by atoms with Crippen molar-refractivity contribution in [1.29, 1.82) is 5.26 Å². The van der Waals surface area contributed by atoms with E-state index in [0.29, 0.717) is 11.1 Å². The van der Waals surface area contributed by atoms with Gasteiger partial charge in [-0.3, -0.25) is 4.79 Å². The zero-order valence-corrected chi connectivity index (χ0v) is 11.3. The Morgan fingerprint density at radius 3 is 2.27 bits per heavy atom. The van der Waals surface area contributed by atoms with Crippen LogP contribution in [0, 0.1) is 11.3 Å². The first-order valence-electron chi connectivity index (χ1n) is 6.30. The number of halogens is 3. The van der Waals surface area contributed by atoms with Crippen LogP contribution in [0.2, 0.25) is 0 Å². The molecule has 0 amide bonds. The quantitative estimate of drug-likeness (QED) is 0.620. The van der Waals surface area contributed by atoms with Gasteiger partial charge in [0.25, 0.3) is 0 Å². The van der Waals surface area contributed by atoms with E-state index in [2.05, 4.69) is 0 Å². The van der Waals surface area contributed by atoms with E-state index in [-0.39, 0.29) is 5.56 Å². The van der Waals surface area contributed by atoms with Gasteiger partial charge in [0, 0.05) is 5.56 Å². The summed E-state index contributed by atoms with van der Waals surface area (Å²) in [5.74, 6) is -0.725. The molecule has 22 heavy (non-hydrogen) atoms. The Balaban J connectivity index is 2.26. The van der Waals surface area contributed by atoms with Crippen molar-refractivity contribution in [3.8, 4) is 6.07 Å². The number of allylic oxidation sites excluding steroid dienone is 1. The van der Waals surface area contributed by atoms with Gasteiger partial charge in [0.05, 0.1) is 17.2 Å². The minimum atomic E-state index is -4.57. The molecule has 0 aliphatic rings. The summed E-state index contributed by atoms with van der Waals surface area (Å²) in [6.45, 7) is 0. The van der Waals surface area contributed by atoms with Crippen LogP contribution >= 0.6 is 0 Å². The maximum Gasteiger partial charge on any atom is 0.417 e. The minimum absolute atomic E-state index is 0.389. The monoisotopic (exact) mass is 301 g/mol. The first-order valence-corrected chi connectivity index (χ1v) is 6.30. The number of ketones is 1. The number of nitrogens with zero attached hydrogens (tertiary/aromatic N) is 1. The van der Waals surface area contributed by atoms with Crippen LogP contribution in [-0.2, 0) is 6.18 Å². The van der Waals surface area contributed by atoms with E-state index in [1.54, 1.807) is 24.3 Å². The third-order valence-corrected chi connectivity index (χ3v) is 2.96.